The second kappa shape index (κ2) is 11.6. The van der Waals surface area contributed by atoms with E-state index in [4.69, 9.17) is 20.3 Å². The Morgan fingerprint density at radius 1 is 1.14 bits per heavy atom. The summed E-state index contributed by atoms with van der Waals surface area (Å²) in [5.74, 6) is -0.384. The van der Waals surface area contributed by atoms with Gasteiger partial charge in [0.1, 0.15) is 35.0 Å². The van der Waals surface area contributed by atoms with Gasteiger partial charge in [-0.15, -0.1) is 0 Å². The topological polar surface area (TPSA) is 137 Å². The summed E-state index contributed by atoms with van der Waals surface area (Å²) in [6.45, 7) is 6.85. The zero-order valence-electron chi connectivity index (χ0n) is 24.1. The molecule has 0 radical (unpaired) electrons. The van der Waals surface area contributed by atoms with E-state index in [0.717, 1.165) is 24.0 Å². The van der Waals surface area contributed by atoms with Crippen molar-refractivity contribution in [2.45, 2.75) is 51.8 Å². The van der Waals surface area contributed by atoms with E-state index in [2.05, 4.69) is 15.3 Å². The van der Waals surface area contributed by atoms with Crippen LogP contribution in [0.5, 0.6) is 5.75 Å². The van der Waals surface area contributed by atoms with Gasteiger partial charge in [-0.3, -0.25) is 4.79 Å². The van der Waals surface area contributed by atoms with E-state index >= 15 is 0 Å². The quantitative estimate of drug-likeness (QED) is 0.337. The van der Waals surface area contributed by atoms with Crippen LogP contribution < -0.4 is 15.8 Å². The van der Waals surface area contributed by atoms with E-state index in [0.29, 0.717) is 35.6 Å². The number of ether oxygens (including phenoxy) is 2. The second-order valence-corrected chi connectivity index (χ2v) is 11.2. The molecule has 0 saturated carbocycles. The molecule has 0 bridgehead atoms. The van der Waals surface area contributed by atoms with Crippen molar-refractivity contribution in [3.8, 4) is 17.0 Å². The number of likely N-dealkylation sites (tertiary alicyclic amines) is 1. The molecule has 0 aliphatic carbocycles. The predicted molar refractivity (Wildman–Crippen MR) is 155 cm³/mol. The first-order valence-electron chi connectivity index (χ1n) is 13.7. The Hall–Kier alpha value is -4.74. The molecule has 1 aliphatic heterocycles. The Morgan fingerprint density at radius 2 is 1.90 bits per heavy atom. The highest BCUT2D eigenvalue weighted by Crippen LogP contribution is 2.34. The van der Waals surface area contributed by atoms with Crippen molar-refractivity contribution in [2.75, 3.05) is 25.9 Å². The summed E-state index contributed by atoms with van der Waals surface area (Å²) in [6.07, 6.45) is 2.68. The second-order valence-electron chi connectivity index (χ2n) is 11.2. The fourth-order valence-corrected chi connectivity index (χ4v) is 5.01. The van der Waals surface area contributed by atoms with Gasteiger partial charge in [-0.1, -0.05) is 24.3 Å². The number of rotatable bonds is 6. The van der Waals surface area contributed by atoms with Crippen LogP contribution in [0.4, 0.5) is 15.0 Å². The van der Waals surface area contributed by atoms with E-state index in [9.17, 15) is 14.0 Å². The number of hydrogen-bond acceptors (Lipinski definition) is 8. The highest BCUT2D eigenvalue weighted by molar-refractivity contribution is 5.98. The Balaban J connectivity index is 1.36. The largest absolute Gasteiger partial charge is 0.496 e. The van der Waals surface area contributed by atoms with Crippen LogP contribution in [0.2, 0.25) is 0 Å². The van der Waals surface area contributed by atoms with Gasteiger partial charge in [0, 0.05) is 31.3 Å². The zero-order chi connectivity index (χ0) is 30.0. The molecular weight excluding hydrogens is 541 g/mol. The number of anilines is 1. The van der Waals surface area contributed by atoms with Gasteiger partial charge in [0.25, 0.3) is 5.91 Å². The molecule has 12 heteroatoms. The molecule has 11 nitrogen and oxygen atoms in total. The molecule has 5 rings (SSSR count). The first-order valence-corrected chi connectivity index (χ1v) is 13.7. The maximum atomic E-state index is 13.5. The van der Waals surface area contributed by atoms with Crippen LogP contribution in [-0.4, -0.2) is 62.4 Å². The minimum Gasteiger partial charge on any atom is -0.496 e. The Labute approximate surface area is 242 Å². The van der Waals surface area contributed by atoms with Crippen molar-refractivity contribution >= 4 is 28.9 Å². The van der Waals surface area contributed by atoms with E-state index in [1.807, 2.05) is 49.7 Å². The van der Waals surface area contributed by atoms with Crippen molar-refractivity contribution < 1.29 is 23.5 Å². The van der Waals surface area contributed by atoms with Crippen molar-refractivity contribution in [1.29, 1.82) is 0 Å². The molecular formula is C30H34FN7O4. The molecule has 4 aromatic rings. The fourth-order valence-electron chi connectivity index (χ4n) is 5.01. The van der Waals surface area contributed by atoms with Gasteiger partial charge in [-0.05, 0) is 51.3 Å². The first kappa shape index (κ1) is 28.8. The lowest BCUT2D eigenvalue weighted by Crippen LogP contribution is -2.43. The molecule has 2 aromatic heterocycles. The molecule has 0 spiro atoms. The summed E-state index contributed by atoms with van der Waals surface area (Å²) in [4.78, 5) is 35.9. The number of carbonyl (C=O) groups excluding carboxylic acids is 2. The number of nitrogens with two attached hydrogens (primary N) is 1. The molecule has 1 fully saturated rings. The van der Waals surface area contributed by atoms with Crippen LogP contribution in [0.3, 0.4) is 0 Å². The van der Waals surface area contributed by atoms with Gasteiger partial charge in [0.15, 0.2) is 5.65 Å². The standard InChI is InChI=1S/C30H34FN7O4/c1-30(2,3)42-29(40)37-13-5-6-21(16-37)38-27-24(26(32)34-17-35-27)25(36-38)19-9-7-18(8-10-19)15-33-28(39)22-12-11-20(31)14-23(22)41-4/h7-12,14,17,21H,5-6,13,15-16H2,1-4H3,(H,33,39)(H2,32,34,35)/t21-/m1/s1. The van der Waals surface area contributed by atoms with E-state index in [1.54, 1.807) is 4.90 Å². The first-order chi connectivity index (χ1) is 20.0. The van der Waals surface area contributed by atoms with Gasteiger partial charge in [0.05, 0.1) is 24.1 Å². The number of carbonyl (C=O) groups is 2. The Morgan fingerprint density at radius 3 is 2.62 bits per heavy atom. The number of nitrogens with one attached hydrogen (secondary N) is 1. The molecule has 3 heterocycles. The number of benzene rings is 2. The lowest BCUT2D eigenvalue weighted by atomic mass is 10.1. The van der Waals surface area contributed by atoms with Gasteiger partial charge in [-0.25, -0.2) is 23.8 Å². The number of halogens is 1. The molecule has 1 saturated heterocycles. The summed E-state index contributed by atoms with van der Waals surface area (Å²) >= 11 is 0. The molecule has 3 N–H and O–H groups in total. The van der Waals surface area contributed by atoms with Gasteiger partial charge < -0.3 is 25.4 Å². The summed E-state index contributed by atoms with van der Waals surface area (Å²) in [5, 5.41) is 8.40. The van der Waals surface area contributed by atoms with Crippen LogP contribution in [0.15, 0.2) is 48.8 Å². The van der Waals surface area contributed by atoms with Crippen LogP contribution in [0.25, 0.3) is 22.3 Å². The maximum absolute atomic E-state index is 13.5. The fraction of sp³-hybridized carbons (Fsp3) is 0.367. The molecule has 1 atom stereocenters. The van der Waals surface area contributed by atoms with Crippen molar-refractivity contribution in [2.24, 2.45) is 0 Å². The van der Waals surface area contributed by atoms with Crippen LogP contribution >= 0.6 is 0 Å². The number of aromatic nitrogens is 4. The SMILES string of the molecule is COc1cc(F)ccc1C(=O)NCc1ccc(-c2nn([C@@H]3CCCN(C(=O)OC(C)(C)C)C3)c3ncnc(N)c23)cc1. The highest BCUT2D eigenvalue weighted by atomic mass is 19.1. The van der Waals surface area contributed by atoms with Crippen LogP contribution in [0.1, 0.15) is 55.6 Å². The van der Waals surface area contributed by atoms with Crippen molar-refractivity contribution in [1.82, 2.24) is 30.0 Å². The van der Waals surface area contributed by atoms with E-state index < -0.39 is 11.4 Å². The van der Waals surface area contributed by atoms with Crippen LogP contribution in [0, 0.1) is 5.82 Å². The smallest absolute Gasteiger partial charge is 0.410 e. The number of nitrogens with zero attached hydrogens (tertiary/aromatic N) is 5. The number of amides is 2. The number of piperidine rings is 1. The summed E-state index contributed by atoms with van der Waals surface area (Å²) in [5.41, 5.74) is 8.85. The monoisotopic (exact) mass is 575 g/mol. The lowest BCUT2D eigenvalue weighted by molar-refractivity contribution is 0.0169. The number of nitrogen functional groups attached to an aromatic ring is 1. The molecule has 42 heavy (non-hydrogen) atoms. The average molecular weight is 576 g/mol. The molecule has 2 amide bonds. The zero-order valence-corrected chi connectivity index (χ0v) is 24.1. The summed E-state index contributed by atoms with van der Waals surface area (Å²) in [6, 6.07) is 11.2. The van der Waals surface area contributed by atoms with Crippen molar-refractivity contribution in [3.05, 3.63) is 65.7 Å². The highest BCUT2D eigenvalue weighted by Gasteiger charge is 2.31. The molecule has 1 aliphatic rings. The minimum atomic E-state index is -0.583. The van der Waals surface area contributed by atoms with E-state index in [-0.39, 0.29) is 35.9 Å². The third-order valence-corrected chi connectivity index (χ3v) is 7.00. The number of fused-ring (bicyclic) bond motifs is 1. The summed E-state index contributed by atoms with van der Waals surface area (Å²) in [7, 11) is 1.39. The normalized spacial score (nSPS) is 15.5. The molecule has 2 aromatic carbocycles. The van der Waals surface area contributed by atoms with Crippen LogP contribution in [-0.2, 0) is 11.3 Å². The Kier molecular flexibility index (Phi) is 7.97. The van der Waals surface area contributed by atoms with Gasteiger partial charge in [0.2, 0.25) is 0 Å². The molecule has 220 valence electrons. The van der Waals surface area contributed by atoms with Gasteiger partial charge >= 0.3 is 6.09 Å². The minimum absolute atomic E-state index is 0.116. The number of hydrogen-bond donors (Lipinski definition) is 2. The predicted octanol–water partition coefficient (Wildman–Crippen LogP) is 4.73. The lowest BCUT2D eigenvalue weighted by Gasteiger charge is -2.34. The van der Waals surface area contributed by atoms with Crippen molar-refractivity contribution in [3.63, 3.8) is 0 Å². The third kappa shape index (κ3) is 6.12. The molecule has 0 unspecified atom stereocenters. The average Bonchev–Trinajstić information content (AvgIpc) is 3.36. The van der Waals surface area contributed by atoms with Gasteiger partial charge in [-0.2, -0.15) is 5.10 Å². The summed E-state index contributed by atoms with van der Waals surface area (Å²) < 4.78 is 26.1. The Bertz CT molecular complexity index is 1610. The number of methoxy groups -OCH3 is 1. The van der Waals surface area contributed by atoms with E-state index in [1.165, 1.54) is 31.6 Å². The maximum Gasteiger partial charge on any atom is 0.410 e. The third-order valence-electron chi connectivity index (χ3n) is 7.00.